The first-order chi connectivity index (χ1) is 9.15. The first-order valence-corrected chi connectivity index (χ1v) is 6.42. The number of carbonyl (C=O) groups excluding carboxylic acids is 1. The molecule has 0 amide bonds. The monoisotopic (exact) mass is 269 g/mol. The van der Waals surface area contributed by atoms with E-state index in [2.05, 4.69) is 10.3 Å². The van der Waals surface area contributed by atoms with E-state index in [4.69, 9.17) is 19.6 Å². The summed E-state index contributed by atoms with van der Waals surface area (Å²) in [6.45, 7) is 4.60. The van der Waals surface area contributed by atoms with Crippen molar-refractivity contribution in [2.24, 2.45) is 5.73 Å². The molecule has 7 nitrogen and oxygen atoms in total. The Morgan fingerprint density at radius 1 is 1.58 bits per heavy atom. The van der Waals surface area contributed by atoms with Gasteiger partial charge >= 0.3 is 5.97 Å². The van der Waals surface area contributed by atoms with Crippen LogP contribution in [-0.4, -0.2) is 42.4 Å². The average Bonchev–Trinajstić information content (AvgIpc) is 2.85. The maximum absolute atomic E-state index is 11.4. The first kappa shape index (κ1) is 13.8. The van der Waals surface area contributed by atoms with Crippen molar-refractivity contribution in [2.45, 2.75) is 38.5 Å². The lowest BCUT2D eigenvalue weighted by Crippen LogP contribution is -2.60. The highest BCUT2D eigenvalue weighted by Gasteiger charge is 2.40. The fourth-order valence-electron chi connectivity index (χ4n) is 2.01. The second kappa shape index (κ2) is 6.03. The molecule has 0 bridgehead atoms. The average molecular weight is 269 g/mol. The quantitative estimate of drug-likeness (QED) is 0.736. The lowest BCUT2D eigenvalue weighted by atomic mass is 9.83. The number of nitrogens with zero attached hydrogens (tertiary/aromatic N) is 1. The van der Waals surface area contributed by atoms with E-state index in [-0.39, 0.29) is 29.9 Å². The predicted octanol–water partition coefficient (Wildman–Crippen LogP) is 0.768. The number of hydrogen-bond donors (Lipinski definition) is 2. The van der Waals surface area contributed by atoms with Gasteiger partial charge in [-0.15, -0.1) is 0 Å². The first-order valence-electron chi connectivity index (χ1n) is 6.42. The maximum atomic E-state index is 11.4. The molecule has 19 heavy (non-hydrogen) atoms. The number of aromatic nitrogens is 1. The highest BCUT2D eigenvalue weighted by Crippen LogP contribution is 2.26. The molecule has 0 spiro atoms. The van der Waals surface area contributed by atoms with E-state index in [0.29, 0.717) is 13.2 Å². The van der Waals surface area contributed by atoms with E-state index in [1.54, 1.807) is 6.92 Å². The molecule has 3 atom stereocenters. The van der Waals surface area contributed by atoms with Crippen molar-refractivity contribution in [1.82, 2.24) is 4.98 Å². The van der Waals surface area contributed by atoms with Crippen molar-refractivity contribution in [3.8, 4) is 0 Å². The minimum absolute atomic E-state index is 0.00510. The van der Waals surface area contributed by atoms with Crippen molar-refractivity contribution in [3.63, 3.8) is 0 Å². The van der Waals surface area contributed by atoms with Crippen molar-refractivity contribution in [2.75, 3.05) is 18.5 Å². The van der Waals surface area contributed by atoms with E-state index in [9.17, 15) is 4.79 Å². The van der Waals surface area contributed by atoms with Crippen LogP contribution in [0.3, 0.4) is 0 Å². The molecule has 3 N–H and O–H groups in total. The molecule has 0 radical (unpaired) electrons. The van der Waals surface area contributed by atoms with Crippen molar-refractivity contribution in [3.05, 3.63) is 12.0 Å². The van der Waals surface area contributed by atoms with E-state index in [0.717, 1.165) is 6.42 Å². The molecule has 2 rings (SSSR count). The molecule has 1 saturated carbocycles. The van der Waals surface area contributed by atoms with Crippen LogP contribution in [0.4, 0.5) is 6.01 Å². The van der Waals surface area contributed by atoms with Gasteiger partial charge in [-0.3, -0.25) is 0 Å². The summed E-state index contributed by atoms with van der Waals surface area (Å²) in [5.74, 6) is -0.501. The van der Waals surface area contributed by atoms with Gasteiger partial charge in [0.15, 0.2) is 5.69 Å². The third kappa shape index (κ3) is 3.05. The summed E-state index contributed by atoms with van der Waals surface area (Å²) in [4.78, 5) is 15.5. The number of rotatable bonds is 6. The molecule has 0 aliphatic heterocycles. The largest absolute Gasteiger partial charge is 0.461 e. The summed E-state index contributed by atoms with van der Waals surface area (Å²) < 4.78 is 15.5. The van der Waals surface area contributed by atoms with E-state index >= 15 is 0 Å². The molecule has 0 aromatic carbocycles. The highest BCUT2D eigenvalue weighted by molar-refractivity contribution is 5.87. The Labute approximate surface area is 111 Å². The maximum Gasteiger partial charge on any atom is 0.360 e. The van der Waals surface area contributed by atoms with Crippen LogP contribution in [0.1, 0.15) is 30.8 Å². The van der Waals surface area contributed by atoms with Gasteiger partial charge in [0.25, 0.3) is 6.01 Å². The van der Waals surface area contributed by atoms with Crippen molar-refractivity contribution < 1.29 is 18.7 Å². The number of oxazole rings is 1. The van der Waals surface area contributed by atoms with Gasteiger partial charge in [0.05, 0.1) is 18.8 Å². The molecule has 3 unspecified atom stereocenters. The minimum atomic E-state index is -0.501. The Hall–Kier alpha value is -1.60. The zero-order valence-corrected chi connectivity index (χ0v) is 11.1. The number of hydrogen-bond acceptors (Lipinski definition) is 7. The Kier molecular flexibility index (Phi) is 4.39. The van der Waals surface area contributed by atoms with Gasteiger partial charge in [-0.1, -0.05) is 0 Å². The van der Waals surface area contributed by atoms with Crippen molar-refractivity contribution >= 4 is 12.0 Å². The molecule has 1 aromatic rings. The summed E-state index contributed by atoms with van der Waals surface area (Å²) in [5.41, 5.74) is 6.05. The number of carbonyl (C=O) groups is 1. The summed E-state index contributed by atoms with van der Waals surface area (Å²) in [5, 5.41) is 3.04. The molecule has 1 aliphatic rings. The smallest absolute Gasteiger partial charge is 0.360 e. The SMILES string of the molecule is CCOC(=O)c1coc(NC2C(N)CC2OCC)n1. The van der Waals surface area contributed by atoms with Crippen LogP contribution in [0.2, 0.25) is 0 Å². The van der Waals surface area contributed by atoms with Gasteiger partial charge in [0.2, 0.25) is 0 Å². The topological polar surface area (TPSA) is 99.6 Å². The van der Waals surface area contributed by atoms with Crippen LogP contribution < -0.4 is 11.1 Å². The Morgan fingerprint density at radius 2 is 2.37 bits per heavy atom. The van der Waals surface area contributed by atoms with Crippen LogP contribution >= 0.6 is 0 Å². The van der Waals surface area contributed by atoms with Gasteiger partial charge in [-0.2, -0.15) is 4.98 Å². The van der Waals surface area contributed by atoms with Gasteiger partial charge in [-0.05, 0) is 20.3 Å². The highest BCUT2D eigenvalue weighted by atomic mass is 16.5. The van der Waals surface area contributed by atoms with Crippen LogP contribution in [-0.2, 0) is 9.47 Å². The Balaban J connectivity index is 1.94. The Morgan fingerprint density at radius 3 is 3.00 bits per heavy atom. The molecule has 7 heteroatoms. The molecule has 0 saturated heterocycles. The molecule has 1 fully saturated rings. The normalized spacial score (nSPS) is 25.7. The fourth-order valence-corrected chi connectivity index (χ4v) is 2.01. The second-order valence-corrected chi connectivity index (χ2v) is 4.32. The van der Waals surface area contributed by atoms with Gasteiger partial charge in [0, 0.05) is 12.6 Å². The van der Waals surface area contributed by atoms with Crippen LogP contribution in [0.5, 0.6) is 0 Å². The van der Waals surface area contributed by atoms with Crippen LogP contribution in [0.25, 0.3) is 0 Å². The van der Waals surface area contributed by atoms with Crippen LogP contribution in [0.15, 0.2) is 10.7 Å². The van der Waals surface area contributed by atoms with Crippen molar-refractivity contribution in [1.29, 1.82) is 0 Å². The molecule has 1 aromatic heterocycles. The standard InChI is InChI=1S/C12H19N3O4/c1-3-17-9-5-7(13)10(9)15-12-14-8(6-19-12)11(16)18-4-2/h6-7,9-10H,3-5,13H2,1-2H3,(H,14,15). The number of anilines is 1. The number of ether oxygens (including phenoxy) is 2. The summed E-state index contributed by atoms with van der Waals surface area (Å²) in [6.07, 6.45) is 2.12. The van der Waals surface area contributed by atoms with Gasteiger partial charge in [-0.25, -0.2) is 4.79 Å². The van der Waals surface area contributed by atoms with Gasteiger partial charge < -0.3 is 24.9 Å². The molecular weight excluding hydrogens is 250 g/mol. The molecular formula is C12H19N3O4. The third-order valence-corrected chi connectivity index (χ3v) is 3.03. The number of esters is 1. The van der Waals surface area contributed by atoms with E-state index < -0.39 is 5.97 Å². The molecule has 1 aliphatic carbocycles. The third-order valence-electron chi connectivity index (χ3n) is 3.03. The lowest BCUT2D eigenvalue weighted by molar-refractivity contribution is -0.0133. The van der Waals surface area contributed by atoms with Crippen LogP contribution in [0, 0.1) is 0 Å². The zero-order chi connectivity index (χ0) is 13.8. The minimum Gasteiger partial charge on any atom is -0.461 e. The molecule has 1 heterocycles. The van der Waals surface area contributed by atoms with E-state index in [1.165, 1.54) is 6.26 Å². The predicted molar refractivity (Wildman–Crippen MR) is 67.9 cm³/mol. The zero-order valence-electron chi connectivity index (χ0n) is 11.1. The van der Waals surface area contributed by atoms with E-state index in [1.807, 2.05) is 6.92 Å². The fraction of sp³-hybridized carbons (Fsp3) is 0.667. The number of nitrogens with one attached hydrogen (secondary N) is 1. The summed E-state index contributed by atoms with van der Waals surface area (Å²) in [6, 6.07) is 0.205. The summed E-state index contributed by atoms with van der Waals surface area (Å²) in [7, 11) is 0. The van der Waals surface area contributed by atoms with Gasteiger partial charge in [0.1, 0.15) is 6.26 Å². The molecule has 106 valence electrons. The lowest BCUT2D eigenvalue weighted by Gasteiger charge is -2.41. The second-order valence-electron chi connectivity index (χ2n) is 4.32. The number of nitrogens with two attached hydrogens (primary N) is 1. The Bertz CT molecular complexity index is 432. The summed E-state index contributed by atoms with van der Waals surface area (Å²) >= 11 is 0.